The first-order valence-electron chi connectivity index (χ1n) is 18.3. The molecule has 3 heterocycles. The molecule has 2 aromatic heterocycles. The monoisotopic (exact) mass is 698 g/mol. The van der Waals surface area contributed by atoms with Gasteiger partial charge < -0.3 is 44.2 Å². The topological polar surface area (TPSA) is 160 Å². The van der Waals surface area contributed by atoms with Gasteiger partial charge in [0.1, 0.15) is 5.82 Å². The standard InChI is InChI=1S/C36H58N8O6/c37-12-7-19-46-21-23-48-25-27-50-28-26-49-24-22-47-20-8-14-38-13-4-1-5-18-44-33-11-3-2-10-32(33)41-36(44)42-35(45)31-9-6-17-43(30-31)34-29-39-15-16-40-34/h2-3,10-11,15-16,29,31,38H,1,4-9,12-14,17-28,30,37H2,(H,41,42,45)/t31-/m0/s1. The number of anilines is 2. The molecule has 0 radical (unpaired) electrons. The Hall–Kier alpha value is -3.24. The van der Waals surface area contributed by atoms with Crippen molar-refractivity contribution in [3.63, 3.8) is 0 Å². The van der Waals surface area contributed by atoms with Gasteiger partial charge in [-0.25, -0.2) is 9.97 Å². The number of nitrogens with two attached hydrogens (primary N) is 1. The maximum absolute atomic E-state index is 13.4. The van der Waals surface area contributed by atoms with Crippen LogP contribution in [0.4, 0.5) is 11.8 Å². The quantitative estimate of drug-likeness (QED) is 0.0952. The average molecular weight is 699 g/mol. The van der Waals surface area contributed by atoms with E-state index in [1.165, 1.54) is 0 Å². The third-order valence-electron chi connectivity index (χ3n) is 8.41. The summed E-state index contributed by atoms with van der Waals surface area (Å²) in [5, 5.41) is 6.68. The third-order valence-corrected chi connectivity index (χ3v) is 8.41. The minimum Gasteiger partial charge on any atom is -0.379 e. The van der Waals surface area contributed by atoms with E-state index in [1.807, 2.05) is 18.2 Å². The molecule has 1 aromatic carbocycles. The second-order valence-corrected chi connectivity index (χ2v) is 12.3. The number of fused-ring (bicyclic) bond motifs is 1. The number of aryl methyl sites for hydroxylation is 1. The maximum Gasteiger partial charge on any atom is 0.231 e. The molecule has 14 nitrogen and oxygen atoms in total. The molecule has 278 valence electrons. The summed E-state index contributed by atoms with van der Waals surface area (Å²) in [5.74, 6) is 1.32. The van der Waals surface area contributed by atoms with Gasteiger partial charge >= 0.3 is 0 Å². The van der Waals surface area contributed by atoms with Crippen LogP contribution in [0.3, 0.4) is 0 Å². The Kier molecular flexibility index (Phi) is 19.6. The van der Waals surface area contributed by atoms with Gasteiger partial charge in [0.15, 0.2) is 0 Å². The molecule has 14 heteroatoms. The molecule has 4 N–H and O–H groups in total. The molecule has 0 aliphatic carbocycles. The van der Waals surface area contributed by atoms with Crippen molar-refractivity contribution in [1.29, 1.82) is 0 Å². The number of benzene rings is 1. The maximum atomic E-state index is 13.4. The van der Waals surface area contributed by atoms with Crippen molar-refractivity contribution < 1.29 is 28.5 Å². The Morgan fingerprint density at radius 1 is 0.820 bits per heavy atom. The minimum absolute atomic E-state index is 0.00959. The number of nitrogens with zero attached hydrogens (tertiary/aromatic N) is 5. The van der Waals surface area contributed by atoms with Crippen LogP contribution in [0.2, 0.25) is 0 Å². The number of para-hydroxylation sites is 2. The van der Waals surface area contributed by atoms with E-state index in [2.05, 4.69) is 36.1 Å². The molecule has 1 aliphatic rings. The van der Waals surface area contributed by atoms with E-state index < -0.39 is 0 Å². The van der Waals surface area contributed by atoms with E-state index >= 15 is 0 Å². The summed E-state index contributed by atoms with van der Waals surface area (Å²) < 4.78 is 29.7. The van der Waals surface area contributed by atoms with Crippen LogP contribution in [0, 0.1) is 5.92 Å². The van der Waals surface area contributed by atoms with E-state index in [4.69, 9.17) is 34.4 Å². The predicted molar refractivity (Wildman–Crippen MR) is 194 cm³/mol. The molecule has 4 rings (SSSR count). The highest BCUT2D eigenvalue weighted by Crippen LogP contribution is 2.24. The van der Waals surface area contributed by atoms with Crippen molar-refractivity contribution >= 4 is 28.7 Å². The van der Waals surface area contributed by atoms with Crippen LogP contribution in [0.25, 0.3) is 11.0 Å². The summed E-state index contributed by atoms with van der Waals surface area (Å²) in [5.41, 5.74) is 7.35. The lowest BCUT2D eigenvalue weighted by Gasteiger charge is -2.32. The van der Waals surface area contributed by atoms with Crippen LogP contribution < -0.4 is 21.3 Å². The van der Waals surface area contributed by atoms with Crippen LogP contribution in [0.5, 0.6) is 0 Å². The molecule has 1 aliphatic heterocycles. The van der Waals surface area contributed by atoms with Gasteiger partial charge in [-0.15, -0.1) is 0 Å². The van der Waals surface area contributed by atoms with Crippen molar-refractivity contribution in [1.82, 2.24) is 24.8 Å². The fraction of sp³-hybridized carbons (Fsp3) is 0.667. The SMILES string of the molecule is NCCCOCCOCCOCCOCCOCCCNCCCCCn1c(NC(=O)[C@H]2CCCN(c3cnccn3)C2)nc2ccccc21. The van der Waals surface area contributed by atoms with Gasteiger partial charge in [0.2, 0.25) is 11.9 Å². The highest BCUT2D eigenvalue weighted by atomic mass is 16.6. The predicted octanol–water partition coefficient (Wildman–Crippen LogP) is 3.26. The first-order valence-corrected chi connectivity index (χ1v) is 18.3. The molecule has 1 atom stereocenters. The number of carbonyl (C=O) groups excluding carboxylic acids is 1. The fourth-order valence-corrected chi connectivity index (χ4v) is 5.75. The molecule has 0 saturated carbocycles. The average Bonchev–Trinajstić information content (AvgIpc) is 3.50. The van der Waals surface area contributed by atoms with Crippen molar-refractivity contribution in [3.05, 3.63) is 42.9 Å². The number of imidazole rings is 1. The normalized spacial score (nSPS) is 14.8. The van der Waals surface area contributed by atoms with Crippen LogP contribution >= 0.6 is 0 Å². The van der Waals surface area contributed by atoms with Gasteiger partial charge in [0, 0.05) is 45.2 Å². The Balaban J connectivity index is 0.992. The number of carbonyl (C=O) groups is 1. The summed E-state index contributed by atoms with van der Waals surface area (Å²) in [6.45, 7) is 10.7. The van der Waals surface area contributed by atoms with E-state index in [0.717, 1.165) is 88.0 Å². The van der Waals surface area contributed by atoms with Crippen molar-refractivity contribution in [3.8, 4) is 0 Å². The third kappa shape index (κ3) is 14.9. The Morgan fingerprint density at radius 2 is 1.50 bits per heavy atom. The van der Waals surface area contributed by atoms with Crippen LogP contribution in [0.1, 0.15) is 44.9 Å². The fourth-order valence-electron chi connectivity index (χ4n) is 5.75. The van der Waals surface area contributed by atoms with Crippen LogP contribution in [-0.4, -0.2) is 124 Å². The summed E-state index contributed by atoms with van der Waals surface area (Å²) in [4.78, 5) is 28.9. The molecule has 1 amide bonds. The molecular formula is C36H58N8O6. The van der Waals surface area contributed by atoms with Crippen LogP contribution in [0.15, 0.2) is 42.9 Å². The van der Waals surface area contributed by atoms with E-state index in [1.54, 1.807) is 18.6 Å². The molecule has 0 unspecified atom stereocenters. The number of unbranched alkanes of at least 4 members (excludes halogenated alkanes) is 2. The number of nitrogens with one attached hydrogen (secondary N) is 2. The van der Waals surface area contributed by atoms with Gasteiger partial charge in [-0.2, -0.15) is 0 Å². The number of piperidine rings is 1. The lowest BCUT2D eigenvalue weighted by atomic mass is 9.97. The number of rotatable bonds is 28. The first-order chi connectivity index (χ1) is 24.8. The van der Waals surface area contributed by atoms with Gasteiger partial charge in [-0.3, -0.25) is 15.1 Å². The second kappa shape index (κ2) is 24.8. The summed E-state index contributed by atoms with van der Waals surface area (Å²) >= 11 is 0. The molecule has 3 aromatic rings. The van der Waals surface area contributed by atoms with Crippen LogP contribution in [-0.2, 0) is 35.0 Å². The number of hydrogen-bond acceptors (Lipinski definition) is 12. The smallest absolute Gasteiger partial charge is 0.231 e. The molecule has 0 bridgehead atoms. The molecule has 1 fully saturated rings. The van der Waals surface area contributed by atoms with E-state index in [0.29, 0.717) is 85.1 Å². The zero-order valence-corrected chi connectivity index (χ0v) is 29.6. The van der Waals surface area contributed by atoms with Gasteiger partial charge in [0.25, 0.3) is 0 Å². The van der Waals surface area contributed by atoms with Gasteiger partial charge in [-0.05, 0) is 70.3 Å². The Bertz CT molecular complexity index is 1320. The number of hydrogen-bond donors (Lipinski definition) is 3. The summed E-state index contributed by atoms with van der Waals surface area (Å²) in [6, 6.07) is 8.07. The van der Waals surface area contributed by atoms with Crippen molar-refractivity contribution in [2.45, 2.75) is 51.5 Å². The van der Waals surface area contributed by atoms with Crippen molar-refractivity contribution in [2.24, 2.45) is 11.7 Å². The lowest BCUT2D eigenvalue weighted by molar-refractivity contribution is -0.120. The summed E-state index contributed by atoms with van der Waals surface area (Å²) in [7, 11) is 0. The number of aromatic nitrogens is 4. The molecule has 50 heavy (non-hydrogen) atoms. The Morgan fingerprint density at radius 3 is 2.20 bits per heavy atom. The Labute approximate surface area is 296 Å². The van der Waals surface area contributed by atoms with Crippen molar-refractivity contribution in [2.75, 3.05) is 109 Å². The summed E-state index contributed by atoms with van der Waals surface area (Å²) in [6.07, 6.45) is 11.9. The second-order valence-electron chi connectivity index (χ2n) is 12.3. The largest absolute Gasteiger partial charge is 0.379 e. The lowest BCUT2D eigenvalue weighted by Crippen LogP contribution is -2.41. The van der Waals surface area contributed by atoms with Gasteiger partial charge in [-0.1, -0.05) is 18.6 Å². The molecule has 0 spiro atoms. The zero-order valence-electron chi connectivity index (χ0n) is 29.6. The van der Waals surface area contributed by atoms with Gasteiger partial charge in [0.05, 0.1) is 76.0 Å². The highest BCUT2D eigenvalue weighted by molar-refractivity contribution is 5.93. The minimum atomic E-state index is -0.131. The number of amides is 1. The molecular weight excluding hydrogens is 640 g/mol. The van der Waals surface area contributed by atoms with E-state index in [-0.39, 0.29) is 11.8 Å². The highest BCUT2D eigenvalue weighted by Gasteiger charge is 2.28. The zero-order chi connectivity index (χ0) is 34.9. The molecule has 1 saturated heterocycles. The van der Waals surface area contributed by atoms with E-state index in [9.17, 15) is 4.79 Å². The number of ether oxygens (including phenoxy) is 5. The first kappa shape index (κ1) is 39.5.